The molecule has 5 heteroatoms. The third kappa shape index (κ3) is 4.13. The van der Waals surface area contributed by atoms with Gasteiger partial charge in [-0.1, -0.05) is 51.1 Å². The molecule has 2 bridgehead atoms. The van der Waals surface area contributed by atoms with Gasteiger partial charge in [-0.15, -0.1) is 0 Å². The zero-order valence-electron chi connectivity index (χ0n) is 17.1. The SMILES string of the molecule is CCC(C)(C)C(=O)C(=O)N1[C@@H]2CC[C@@H](C2)[C@@H]1C(=O)OCCCc1ccccc1. The van der Waals surface area contributed by atoms with Crippen molar-refractivity contribution in [1.29, 1.82) is 0 Å². The van der Waals surface area contributed by atoms with Gasteiger partial charge in [0.2, 0.25) is 5.78 Å². The number of aryl methyl sites for hydroxylation is 1. The molecule has 0 N–H and O–H groups in total. The third-order valence-electron chi connectivity index (χ3n) is 6.45. The zero-order chi connectivity index (χ0) is 20.3. The van der Waals surface area contributed by atoms with E-state index < -0.39 is 23.1 Å². The quantitative estimate of drug-likeness (QED) is 0.390. The molecule has 1 aromatic rings. The molecule has 28 heavy (non-hydrogen) atoms. The molecule has 0 radical (unpaired) electrons. The lowest BCUT2D eigenvalue weighted by Crippen LogP contribution is -2.54. The van der Waals surface area contributed by atoms with Gasteiger partial charge in [0.25, 0.3) is 5.91 Å². The zero-order valence-corrected chi connectivity index (χ0v) is 17.1. The average Bonchev–Trinajstić information content (AvgIpc) is 3.32. The van der Waals surface area contributed by atoms with Crippen LogP contribution in [0.15, 0.2) is 30.3 Å². The molecule has 1 aromatic carbocycles. The van der Waals surface area contributed by atoms with Crippen LogP contribution in [0.3, 0.4) is 0 Å². The first-order chi connectivity index (χ1) is 13.3. The second kappa shape index (κ2) is 8.46. The lowest BCUT2D eigenvalue weighted by Gasteiger charge is -2.35. The number of piperidine rings is 1. The largest absolute Gasteiger partial charge is 0.464 e. The molecule has 0 spiro atoms. The summed E-state index contributed by atoms with van der Waals surface area (Å²) in [7, 11) is 0. The molecule has 0 aromatic heterocycles. The van der Waals surface area contributed by atoms with Crippen LogP contribution < -0.4 is 0 Å². The van der Waals surface area contributed by atoms with E-state index in [0.29, 0.717) is 13.0 Å². The Morgan fingerprint density at radius 1 is 1.14 bits per heavy atom. The van der Waals surface area contributed by atoms with Crippen molar-refractivity contribution in [3.63, 3.8) is 0 Å². The summed E-state index contributed by atoms with van der Waals surface area (Å²) in [6, 6.07) is 9.48. The van der Waals surface area contributed by atoms with Crippen molar-refractivity contribution >= 4 is 17.7 Å². The number of fused-ring (bicyclic) bond motifs is 2. The van der Waals surface area contributed by atoms with Gasteiger partial charge in [-0.2, -0.15) is 0 Å². The maximum atomic E-state index is 12.9. The van der Waals surface area contributed by atoms with E-state index in [4.69, 9.17) is 4.74 Å². The standard InChI is InChI=1S/C23H31NO4/c1-4-23(2,3)20(25)21(26)24-18-13-12-17(15-18)19(24)22(27)28-14-8-11-16-9-6-5-7-10-16/h5-7,9-10,17-19H,4,8,11-15H2,1-3H3/t17-,18+,19+/m0/s1. The number of ether oxygens (including phenoxy) is 1. The first-order valence-corrected chi connectivity index (χ1v) is 10.4. The van der Waals surface area contributed by atoms with Gasteiger partial charge in [-0.3, -0.25) is 9.59 Å². The average molecular weight is 386 g/mol. The third-order valence-corrected chi connectivity index (χ3v) is 6.45. The van der Waals surface area contributed by atoms with Gasteiger partial charge in [-0.05, 0) is 50.0 Å². The summed E-state index contributed by atoms with van der Waals surface area (Å²) in [5.74, 6) is -1.14. The van der Waals surface area contributed by atoms with E-state index in [-0.39, 0.29) is 17.9 Å². The van der Waals surface area contributed by atoms with Crippen LogP contribution in [0.5, 0.6) is 0 Å². The maximum Gasteiger partial charge on any atom is 0.329 e. The fraction of sp³-hybridized carbons (Fsp3) is 0.609. The summed E-state index contributed by atoms with van der Waals surface area (Å²) in [5, 5.41) is 0. The van der Waals surface area contributed by atoms with E-state index >= 15 is 0 Å². The number of hydrogen-bond acceptors (Lipinski definition) is 4. The smallest absolute Gasteiger partial charge is 0.329 e. The van der Waals surface area contributed by atoms with Crippen LogP contribution in [0.2, 0.25) is 0 Å². The summed E-state index contributed by atoms with van der Waals surface area (Å²) in [4.78, 5) is 40.0. The van der Waals surface area contributed by atoms with E-state index in [1.807, 2.05) is 25.1 Å². The van der Waals surface area contributed by atoms with Gasteiger partial charge in [0.1, 0.15) is 6.04 Å². The topological polar surface area (TPSA) is 63.7 Å². The molecule has 3 rings (SSSR count). The molecule has 3 atom stereocenters. The number of rotatable bonds is 8. The number of ketones is 1. The molecule has 0 unspecified atom stereocenters. The number of likely N-dealkylation sites (tertiary alicyclic amines) is 1. The number of carbonyl (C=O) groups is 3. The number of nitrogens with zero attached hydrogens (tertiary/aromatic N) is 1. The van der Waals surface area contributed by atoms with E-state index in [2.05, 4.69) is 12.1 Å². The second-order valence-electron chi connectivity index (χ2n) is 8.71. The first-order valence-electron chi connectivity index (χ1n) is 10.4. The summed E-state index contributed by atoms with van der Waals surface area (Å²) >= 11 is 0. The Hall–Kier alpha value is -2.17. The Balaban J connectivity index is 1.60. The Morgan fingerprint density at radius 2 is 1.86 bits per heavy atom. The summed E-state index contributed by atoms with van der Waals surface area (Å²) in [5.41, 5.74) is 0.506. The molecule has 1 amide bonds. The number of benzene rings is 1. The fourth-order valence-electron chi connectivity index (χ4n) is 4.33. The van der Waals surface area contributed by atoms with Crippen molar-refractivity contribution in [2.75, 3.05) is 6.61 Å². The van der Waals surface area contributed by atoms with E-state index in [9.17, 15) is 14.4 Å². The highest BCUT2D eigenvalue weighted by Crippen LogP contribution is 2.43. The molecular formula is C23H31NO4. The van der Waals surface area contributed by atoms with Gasteiger partial charge in [0, 0.05) is 11.5 Å². The second-order valence-corrected chi connectivity index (χ2v) is 8.71. The van der Waals surface area contributed by atoms with Crippen LogP contribution in [0, 0.1) is 11.3 Å². The highest BCUT2D eigenvalue weighted by molar-refractivity contribution is 6.38. The predicted molar refractivity (Wildman–Crippen MR) is 107 cm³/mol. The van der Waals surface area contributed by atoms with E-state index in [0.717, 1.165) is 32.1 Å². The van der Waals surface area contributed by atoms with Crippen molar-refractivity contribution in [2.24, 2.45) is 11.3 Å². The van der Waals surface area contributed by atoms with Gasteiger partial charge in [0.05, 0.1) is 6.61 Å². The monoisotopic (exact) mass is 385 g/mol. The van der Waals surface area contributed by atoms with Crippen LogP contribution in [-0.4, -0.2) is 41.3 Å². The van der Waals surface area contributed by atoms with Crippen LogP contribution in [0.25, 0.3) is 0 Å². The highest BCUT2D eigenvalue weighted by atomic mass is 16.5. The van der Waals surface area contributed by atoms with Crippen molar-refractivity contribution < 1.29 is 19.1 Å². The molecule has 1 aliphatic carbocycles. The van der Waals surface area contributed by atoms with Crippen molar-refractivity contribution in [3.05, 3.63) is 35.9 Å². The van der Waals surface area contributed by atoms with Crippen molar-refractivity contribution in [1.82, 2.24) is 4.90 Å². The number of hydrogen-bond donors (Lipinski definition) is 0. The first kappa shape index (κ1) is 20.6. The Labute approximate surface area is 167 Å². The van der Waals surface area contributed by atoms with Crippen LogP contribution in [0.4, 0.5) is 0 Å². The van der Waals surface area contributed by atoms with E-state index in [1.165, 1.54) is 5.56 Å². The normalized spacial score (nSPS) is 23.7. The van der Waals surface area contributed by atoms with Gasteiger partial charge in [0.15, 0.2) is 0 Å². The molecule has 152 valence electrons. The molecule has 5 nitrogen and oxygen atoms in total. The number of esters is 1. The fourth-order valence-corrected chi connectivity index (χ4v) is 4.33. The molecular weight excluding hydrogens is 354 g/mol. The lowest BCUT2D eigenvalue weighted by molar-refractivity contribution is -0.161. The number of amides is 1. The summed E-state index contributed by atoms with van der Waals surface area (Å²) in [6.07, 6.45) is 4.77. The Bertz CT molecular complexity index is 727. The van der Waals surface area contributed by atoms with Gasteiger partial charge < -0.3 is 9.64 Å². The molecule has 1 saturated carbocycles. The molecule has 1 saturated heterocycles. The van der Waals surface area contributed by atoms with Crippen molar-refractivity contribution in [2.45, 2.75) is 71.4 Å². The molecule has 2 fully saturated rings. The molecule has 1 heterocycles. The van der Waals surface area contributed by atoms with Crippen LogP contribution >= 0.6 is 0 Å². The minimum atomic E-state index is -0.705. The number of carbonyl (C=O) groups excluding carboxylic acids is 3. The number of Topliss-reactive ketones (excluding diaryl/α,β-unsaturated/α-hetero) is 1. The maximum absolute atomic E-state index is 12.9. The van der Waals surface area contributed by atoms with Crippen LogP contribution in [0.1, 0.15) is 58.4 Å². The van der Waals surface area contributed by atoms with Gasteiger partial charge >= 0.3 is 5.97 Å². The van der Waals surface area contributed by atoms with Crippen molar-refractivity contribution in [3.8, 4) is 0 Å². The Kier molecular flexibility index (Phi) is 6.21. The predicted octanol–water partition coefficient (Wildman–Crippen LogP) is 3.55. The summed E-state index contributed by atoms with van der Waals surface area (Å²) in [6.45, 7) is 5.81. The lowest BCUT2D eigenvalue weighted by atomic mass is 9.84. The van der Waals surface area contributed by atoms with Crippen LogP contribution in [-0.2, 0) is 25.5 Å². The molecule has 2 aliphatic rings. The Morgan fingerprint density at radius 3 is 2.54 bits per heavy atom. The highest BCUT2D eigenvalue weighted by Gasteiger charge is 2.54. The minimum absolute atomic E-state index is 0.00373. The van der Waals surface area contributed by atoms with E-state index in [1.54, 1.807) is 18.7 Å². The molecule has 1 aliphatic heterocycles. The minimum Gasteiger partial charge on any atom is -0.464 e. The van der Waals surface area contributed by atoms with Gasteiger partial charge in [-0.25, -0.2) is 4.79 Å². The summed E-state index contributed by atoms with van der Waals surface area (Å²) < 4.78 is 5.53.